The molecule has 0 aliphatic heterocycles. The fourth-order valence-corrected chi connectivity index (χ4v) is 3.24. The van der Waals surface area contributed by atoms with Crippen LogP contribution in [0, 0.1) is 13.8 Å². The minimum absolute atomic E-state index is 0.224. The molecule has 1 unspecified atom stereocenters. The van der Waals surface area contributed by atoms with Crippen molar-refractivity contribution in [3.63, 3.8) is 0 Å². The molecule has 1 atom stereocenters. The summed E-state index contributed by atoms with van der Waals surface area (Å²) < 4.78 is 7.38. The summed E-state index contributed by atoms with van der Waals surface area (Å²) in [6, 6.07) is 6.91. The van der Waals surface area contributed by atoms with Crippen molar-refractivity contribution in [3.8, 4) is 0 Å². The zero-order valence-electron chi connectivity index (χ0n) is 15.4. The zero-order chi connectivity index (χ0) is 19.6. The second-order valence-corrected chi connectivity index (χ2v) is 7.17. The number of benzene rings is 1. The summed E-state index contributed by atoms with van der Waals surface area (Å²) in [5.41, 5.74) is 2.60. The first kappa shape index (κ1) is 20.3. The number of carbonyl (C=O) groups excluding carboxylic acids is 2. The number of halogens is 2. The van der Waals surface area contributed by atoms with E-state index in [0.29, 0.717) is 16.3 Å². The molecular weight excluding hydrogens is 375 g/mol. The Morgan fingerprint density at radius 3 is 2.38 bits per heavy atom. The number of nitrogens with zero attached hydrogens (tertiary/aromatic N) is 1. The molecule has 0 spiro atoms. The quantitative estimate of drug-likeness (QED) is 0.708. The van der Waals surface area contributed by atoms with E-state index in [2.05, 4.69) is 5.32 Å². The van der Waals surface area contributed by atoms with Crippen LogP contribution >= 0.6 is 23.2 Å². The van der Waals surface area contributed by atoms with Gasteiger partial charge in [-0.3, -0.25) is 4.79 Å². The Hall–Kier alpha value is -1.98. The summed E-state index contributed by atoms with van der Waals surface area (Å²) in [5, 5.41) is 3.19. The van der Waals surface area contributed by atoms with Crippen molar-refractivity contribution in [2.24, 2.45) is 0 Å². The highest BCUT2D eigenvalue weighted by Crippen LogP contribution is 2.29. The van der Waals surface area contributed by atoms with E-state index in [9.17, 15) is 9.59 Å². The van der Waals surface area contributed by atoms with Crippen molar-refractivity contribution in [2.45, 2.75) is 46.8 Å². The van der Waals surface area contributed by atoms with Crippen LogP contribution in [0.5, 0.6) is 0 Å². The van der Waals surface area contributed by atoms with E-state index in [1.54, 1.807) is 24.3 Å². The lowest BCUT2D eigenvalue weighted by Crippen LogP contribution is -2.30. The van der Waals surface area contributed by atoms with Crippen LogP contribution in [-0.2, 0) is 9.53 Å². The van der Waals surface area contributed by atoms with Crippen molar-refractivity contribution in [1.82, 2.24) is 4.57 Å². The summed E-state index contributed by atoms with van der Waals surface area (Å²) >= 11 is 12.0. The lowest BCUT2D eigenvalue weighted by molar-refractivity contribution is -0.123. The first-order valence-corrected chi connectivity index (χ1v) is 9.03. The standard InChI is InChI=1S/C19H22Cl2N2O3/c1-10(2)23-11(3)9-14(12(23)4)19(25)26-13(5)18(24)22-16-8-6-7-15(20)17(16)21/h6-10,13H,1-5H3,(H,22,24). The first-order chi connectivity index (χ1) is 12.1. The van der Waals surface area contributed by atoms with Gasteiger partial charge >= 0.3 is 5.97 Å². The Bertz CT molecular complexity index is 844. The van der Waals surface area contributed by atoms with Gasteiger partial charge in [-0.05, 0) is 52.8 Å². The molecule has 1 N–H and O–H groups in total. The van der Waals surface area contributed by atoms with Crippen LogP contribution in [0.25, 0.3) is 0 Å². The van der Waals surface area contributed by atoms with Gasteiger partial charge in [-0.2, -0.15) is 0 Å². The molecule has 0 saturated carbocycles. The van der Waals surface area contributed by atoms with Crippen molar-refractivity contribution in [1.29, 1.82) is 0 Å². The lowest BCUT2D eigenvalue weighted by Gasteiger charge is -2.15. The molecule has 2 aromatic rings. The van der Waals surface area contributed by atoms with Crippen LogP contribution in [-0.4, -0.2) is 22.5 Å². The average molecular weight is 397 g/mol. The molecule has 0 bridgehead atoms. The number of rotatable bonds is 5. The van der Waals surface area contributed by atoms with Crippen molar-refractivity contribution >= 4 is 40.8 Å². The van der Waals surface area contributed by atoms with Crippen LogP contribution in [0.15, 0.2) is 24.3 Å². The predicted molar refractivity (Wildman–Crippen MR) is 104 cm³/mol. The smallest absolute Gasteiger partial charge is 0.340 e. The van der Waals surface area contributed by atoms with Gasteiger partial charge in [0.25, 0.3) is 5.91 Å². The van der Waals surface area contributed by atoms with E-state index >= 15 is 0 Å². The Balaban J connectivity index is 2.10. The summed E-state index contributed by atoms with van der Waals surface area (Å²) in [6.07, 6.45) is -0.986. The van der Waals surface area contributed by atoms with Gasteiger partial charge in [0, 0.05) is 17.4 Å². The van der Waals surface area contributed by atoms with Crippen LogP contribution in [0.4, 0.5) is 5.69 Å². The summed E-state index contributed by atoms with van der Waals surface area (Å²) in [7, 11) is 0. The molecule has 0 aliphatic carbocycles. The highest BCUT2D eigenvalue weighted by atomic mass is 35.5. The number of hydrogen-bond donors (Lipinski definition) is 1. The van der Waals surface area contributed by atoms with E-state index in [1.807, 2.05) is 32.3 Å². The Kier molecular flexibility index (Phi) is 6.37. The number of hydrogen-bond acceptors (Lipinski definition) is 3. The lowest BCUT2D eigenvalue weighted by atomic mass is 10.2. The third kappa shape index (κ3) is 4.22. The van der Waals surface area contributed by atoms with Crippen LogP contribution in [0.1, 0.15) is 48.6 Å². The monoisotopic (exact) mass is 396 g/mol. The first-order valence-electron chi connectivity index (χ1n) is 8.27. The van der Waals surface area contributed by atoms with Crippen molar-refractivity contribution in [3.05, 3.63) is 51.3 Å². The molecule has 1 aromatic heterocycles. The molecule has 140 valence electrons. The van der Waals surface area contributed by atoms with Crippen LogP contribution in [0.2, 0.25) is 10.0 Å². The summed E-state index contributed by atoms with van der Waals surface area (Å²) in [6.45, 7) is 9.38. The molecule has 0 radical (unpaired) electrons. The highest BCUT2D eigenvalue weighted by molar-refractivity contribution is 6.44. The molecule has 0 fully saturated rings. The number of ether oxygens (including phenoxy) is 1. The third-order valence-electron chi connectivity index (χ3n) is 4.08. The minimum Gasteiger partial charge on any atom is -0.449 e. The van der Waals surface area contributed by atoms with Gasteiger partial charge in [0.05, 0.1) is 21.3 Å². The maximum absolute atomic E-state index is 12.5. The molecule has 7 heteroatoms. The number of amides is 1. The SMILES string of the molecule is Cc1cc(C(=O)OC(C)C(=O)Nc2cccc(Cl)c2Cl)c(C)n1C(C)C. The summed E-state index contributed by atoms with van der Waals surface area (Å²) in [5.74, 6) is -1.02. The fraction of sp³-hybridized carbons (Fsp3) is 0.368. The minimum atomic E-state index is -0.986. The average Bonchev–Trinajstić information content (AvgIpc) is 2.86. The number of aromatic nitrogens is 1. The number of anilines is 1. The van der Waals surface area contributed by atoms with Gasteiger partial charge in [0.1, 0.15) is 0 Å². The molecule has 0 aliphatic rings. The van der Waals surface area contributed by atoms with E-state index in [1.165, 1.54) is 6.92 Å². The maximum atomic E-state index is 12.5. The van der Waals surface area contributed by atoms with Gasteiger partial charge < -0.3 is 14.6 Å². The van der Waals surface area contributed by atoms with E-state index in [4.69, 9.17) is 27.9 Å². The van der Waals surface area contributed by atoms with Gasteiger partial charge in [-0.25, -0.2) is 4.79 Å². The summed E-state index contributed by atoms with van der Waals surface area (Å²) in [4.78, 5) is 24.8. The topological polar surface area (TPSA) is 60.3 Å². The normalized spacial score (nSPS) is 12.2. The van der Waals surface area contributed by atoms with Crippen LogP contribution in [0.3, 0.4) is 0 Å². The molecule has 1 aromatic carbocycles. The molecule has 1 heterocycles. The van der Waals surface area contributed by atoms with E-state index in [0.717, 1.165) is 11.4 Å². The third-order valence-corrected chi connectivity index (χ3v) is 4.90. The number of aryl methyl sites for hydroxylation is 1. The Morgan fingerprint density at radius 1 is 1.15 bits per heavy atom. The van der Waals surface area contributed by atoms with Crippen LogP contribution < -0.4 is 5.32 Å². The number of esters is 1. The molecule has 0 saturated heterocycles. The van der Waals surface area contributed by atoms with Crippen molar-refractivity contribution in [2.75, 3.05) is 5.32 Å². The predicted octanol–water partition coefficient (Wildman–Crippen LogP) is 5.18. The Labute approximate surface area is 163 Å². The number of nitrogens with one attached hydrogen (secondary N) is 1. The molecular formula is C19H22Cl2N2O3. The molecule has 5 nitrogen and oxygen atoms in total. The maximum Gasteiger partial charge on any atom is 0.340 e. The van der Waals surface area contributed by atoms with E-state index in [-0.39, 0.29) is 11.1 Å². The molecule has 26 heavy (non-hydrogen) atoms. The second-order valence-electron chi connectivity index (χ2n) is 6.39. The zero-order valence-corrected chi connectivity index (χ0v) is 16.9. The van der Waals surface area contributed by atoms with Gasteiger partial charge in [0.15, 0.2) is 6.10 Å². The van der Waals surface area contributed by atoms with E-state index < -0.39 is 18.0 Å². The van der Waals surface area contributed by atoms with Crippen molar-refractivity contribution < 1.29 is 14.3 Å². The molecule has 2 rings (SSSR count). The van der Waals surface area contributed by atoms with Gasteiger partial charge in [0.2, 0.25) is 0 Å². The number of carbonyl (C=O) groups is 2. The van der Waals surface area contributed by atoms with Gasteiger partial charge in [-0.15, -0.1) is 0 Å². The molecule has 1 amide bonds. The fourth-order valence-electron chi connectivity index (χ4n) is 2.89. The largest absolute Gasteiger partial charge is 0.449 e. The Morgan fingerprint density at radius 2 is 1.81 bits per heavy atom. The highest BCUT2D eigenvalue weighted by Gasteiger charge is 2.23. The van der Waals surface area contributed by atoms with Gasteiger partial charge in [-0.1, -0.05) is 29.3 Å². The second kappa shape index (κ2) is 8.14.